The van der Waals surface area contributed by atoms with E-state index >= 15 is 0 Å². The maximum absolute atomic E-state index is 12.2. The maximum Gasteiger partial charge on any atom is 0.227 e. The average molecular weight is 247 g/mol. The lowest BCUT2D eigenvalue weighted by atomic mass is 9.87. The van der Waals surface area contributed by atoms with Crippen molar-refractivity contribution in [1.82, 2.24) is 0 Å². The van der Waals surface area contributed by atoms with Gasteiger partial charge in [0.1, 0.15) is 0 Å². The van der Waals surface area contributed by atoms with Gasteiger partial charge >= 0.3 is 0 Å². The van der Waals surface area contributed by atoms with Gasteiger partial charge in [0.05, 0.1) is 5.60 Å². The van der Waals surface area contributed by atoms with Crippen molar-refractivity contribution in [1.29, 1.82) is 0 Å². The molecule has 1 aliphatic rings. The highest BCUT2D eigenvalue weighted by molar-refractivity contribution is 5.93. The fraction of sp³-hybridized carbons (Fsp3) is 0.533. The molecule has 1 heterocycles. The second-order valence-corrected chi connectivity index (χ2v) is 5.60. The molecule has 1 aromatic rings. The quantitative estimate of drug-likeness (QED) is 0.872. The van der Waals surface area contributed by atoms with Crippen LogP contribution in [0.3, 0.4) is 0 Å². The van der Waals surface area contributed by atoms with E-state index in [0.29, 0.717) is 6.61 Å². The molecule has 0 aromatic heterocycles. The van der Waals surface area contributed by atoms with Crippen LogP contribution in [0.2, 0.25) is 0 Å². The van der Waals surface area contributed by atoms with Crippen LogP contribution in [-0.4, -0.2) is 18.1 Å². The molecule has 0 saturated carbocycles. The third kappa shape index (κ3) is 3.10. The zero-order chi connectivity index (χ0) is 13.2. The summed E-state index contributed by atoms with van der Waals surface area (Å²) in [6.45, 7) is 6.75. The first-order valence-electron chi connectivity index (χ1n) is 6.48. The predicted octanol–water partition coefficient (Wildman–Crippen LogP) is 3.14. The predicted molar refractivity (Wildman–Crippen MR) is 72.6 cm³/mol. The van der Waals surface area contributed by atoms with E-state index in [-0.39, 0.29) is 17.4 Å². The van der Waals surface area contributed by atoms with Gasteiger partial charge in [-0.15, -0.1) is 0 Å². The highest BCUT2D eigenvalue weighted by Crippen LogP contribution is 2.29. The molecule has 1 amide bonds. The Balaban J connectivity index is 2.02. The molecule has 98 valence electrons. The molecule has 1 aliphatic heterocycles. The fourth-order valence-electron chi connectivity index (χ4n) is 2.40. The summed E-state index contributed by atoms with van der Waals surface area (Å²) in [7, 11) is 0. The van der Waals surface area contributed by atoms with Gasteiger partial charge in [-0.1, -0.05) is 18.2 Å². The largest absolute Gasteiger partial charge is 0.376 e. The SMILES string of the molecule is Cc1ccccc1NC(=O)[C@@H]1CCOC(C)(C)C1. The van der Waals surface area contributed by atoms with E-state index in [4.69, 9.17) is 4.74 Å². The lowest BCUT2D eigenvalue weighted by molar-refractivity contribution is -0.130. The van der Waals surface area contributed by atoms with Gasteiger partial charge in [0.15, 0.2) is 0 Å². The topological polar surface area (TPSA) is 38.3 Å². The molecular formula is C15H21NO2. The molecule has 18 heavy (non-hydrogen) atoms. The number of carbonyl (C=O) groups is 1. The summed E-state index contributed by atoms with van der Waals surface area (Å²) in [6.07, 6.45) is 1.59. The van der Waals surface area contributed by atoms with Gasteiger partial charge in [-0.3, -0.25) is 4.79 Å². The molecule has 1 fully saturated rings. The molecule has 0 unspecified atom stereocenters. The van der Waals surface area contributed by atoms with Gasteiger partial charge in [-0.25, -0.2) is 0 Å². The molecule has 0 radical (unpaired) electrons. The summed E-state index contributed by atoms with van der Waals surface area (Å²) >= 11 is 0. The number of benzene rings is 1. The van der Waals surface area contributed by atoms with Crippen molar-refractivity contribution in [2.24, 2.45) is 5.92 Å². The van der Waals surface area contributed by atoms with Crippen molar-refractivity contribution in [3.63, 3.8) is 0 Å². The molecule has 1 N–H and O–H groups in total. The van der Waals surface area contributed by atoms with E-state index < -0.39 is 0 Å². The minimum atomic E-state index is -0.189. The zero-order valence-electron chi connectivity index (χ0n) is 11.3. The number of para-hydroxylation sites is 1. The Hall–Kier alpha value is -1.35. The number of rotatable bonds is 2. The van der Waals surface area contributed by atoms with Crippen molar-refractivity contribution >= 4 is 11.6 Å². The summed E-state index contributed by atoms with van der Waals surface area (Å²) in [6, 6.07) is 7.86. The van der Waals surface area contributed by atoms with Gasteiger partial charge < -0.3 is 10.1 Å². The highest BCUT2D eigenvalue weighted by Gasteiger charge is 2.32. The molecule has 2 rings (SSSR count). The number of nitrogens with one attached hydrogen (secondary N) is 1. The summed E-state index contributed by atoms with van der Waals surface area (Å²) in [4.78, 5) is 12.2. The number of amides is 1. The van der Waals surface area contributed by atoms with Gasteiger partial charge in [-0.05, 0) is 45.2 Å². The molecule has 3 heteroatoms. The Bertz CT molecular complexity index is 440. The zero-order valence-corrected chi connectivity index (χ0v) is 11.3. The fourth-order valence-corrected chi connectivity index (χ4v) is 2.40. The molecule has 0 spiro atoms. The van der Waals surface area contributed by atoms with Crippen molar-refractivity contribution < 1.29 is 9.53 Å². The van der Waals surface area contributed by atoms with Crippen LogP contribution in [0.4, 0.5) is 5.69 Å². The number of anilines is 1. The van der Waals surface area contributed by atoms with E-state index in [9.17, 15) is 4.79 Å². The van der Waals surface area contributed by atoms with Crippen LogP contribution in [0.5, 0.6) is 0 Å². The molecular weight excluding hydrogens is 226 g/mol. The number of ether oxygens (including phenoxy) is 1. The average Bonchev–Trinajstić information content (AvgIpc) is 2.31. The second-order valence-electron chi connectivity index (χ2n) is 5.60. The maximum atomic E-state index is 12.2. The molecule has 3 nitrogen and oxygen atoms in total. The number of hydrogen-bond donors (Lipinski definition) is 1. The lowest BCUT2D eigenvalue weighted by Gasteiger charge is -2.34. The Morgan fingerprint density at radius 1 is 1.39 bits per heavy atom. The molecule has 0 bridgehead atoms. The lowest BCUT2D eigenvalue weighted by Crippen LogP contribution is -2.39. The molecule has 1 atom stereocenters. The summed E-state index contributed by atoms with van der Waals surface area (Å²) in [5.74, 6) is 0.161. The van der Waals surface area contributed by atoms with Gasteiger partial charge in [0, 0.05) is 18.2 Å². The number of aryl methyl sites for hydroxylation is 1. The van der Waals surface area contributed by atoms with Crippen LogP contribution in [-0.2, 0) is 9.53 Å². The Labute approximate surface area is 109 Å². The van der Waals surface area contributed by atoms with Crippen LogP contribution in [0, 0.1) is 12.8 Å². The smallest absolute Gasteiger partial charge is 0.227 e. The van der Waals surface area contributed by atoms with Crippen LogP contribution in [0.15, 0.2) is 24.3 Å². The van der Waals surface area contributed by atoms with Crippen LogP contribution in [0.25, 0.3) is 0 Å². The van der Waals surface area contributed by atoms with Crippen molar-refractivity contribution in [3.8, 4) is 0 Å². The van der Waals surface area contributed by atoms with Gasteiger partial charge in [0.25, 0.3) is 0 Å². The number of hydrogen-bond acceptors (Lipinski definition) is 2. The second kappa shape index (κ2) is 5.11. The Morgan fingerprint density at radius 3 is 2.78 bits per heavy atom. The first kappa shape index (κ1) is 13.1. The van der Waals surface area contributed by atoms with E-state index in [1.807, 2.05) is 45.0 Å². The summed E-state index contributed by atoms with van der Waals surface area (Å²) < 4.78 is 5.64. The third-order valence-corrected chi connectivity index (χ3v) is 3.47. The minimum absolute atomic E-state index is 0.0494. The summed E-state index contributed by atoms with van der Waals surface area (Å²) in [5.41, 5.74) is 1.82. The number of carbonyl (C=O) groups excluding carboxylic acids is 1. The van der Waals surface area contributed by atoms with Gasteiger partial charge in [0.2, 0.25) is 5.91 Å². The van der Waals surface area contributed by atoms with Crippen LogP contribution >= 0.6 is 0 Å². The molecule has 0 aliphatic carbocycles. The van der Waals surface area contributed by atoms with Crippen molar-refractivity contribution in [3.05, 3.63) is 29.8 Å². The normalized spacial score (nSPS) is 22.5. The molecule has 1 saturated heterocycles. The van der Waals surface area contributed by atoms with Gasteiger partial charge in [-0.2, -0.15) is 0 Å². The van der Waals surface area contributed by atoms with Crippen LogP contribution in [0.1, 0.15) is 32.3 Å². The standard InChI is InChI=1S/C15H21NO2/c1-11-6-4-5-7-13(11)16-14(17)12-8-9-18-15(2,3)10-12/h4-7,12H,8-10H2,1-3H3,(H,16,17)/t12-/m1/s1. The van der Waals surface area contributed by atoms with Crippen molar-refractivity contribution in [2.75, 3.05) is 11.9 Å². The first-order valence-corrected chi connectivity index (χ1v) is 6.48. The third-order valence-electron chi connectivity index (χ3n) is 3.47. The van der Waals surface area contributed by atoms with Crippen LogP contribution < -0.4 is 5.32 Å². The van der Waals surface area contributed by atoms with E-state index in [1.54, 1.807) is 0 Å². The Kier molecular flexibility index (Phi) is 3.71. The molecule has 1 aromatic carbocycles. The van der Waals surface area contributed by atoms with Crippen molar-refractivity contribution in [2.45, 2.75) is 39.2 Å². The summed E-state index contributed by atoms with van der Waals surface area (Å²) in [5, 5.41) is 3.02. The highest BCUT2D eigenvalue weighted by atomic mass is 16.5. The Morgan fingerprint density at radius 2 is 2.11 bits per heavy atom. The van der Waals surface area contributed by atoms with E-state index in [1.165, 1.54) is 0 Å². The minimum Gasteiger partial charge on any atom is -0.376 e. The van der Waals surface area contributed by atoms with E-state index in [2.05, 4.69) is 5.32 Å². The monoisotopic (exact) mass is 247 g/mol. The first-order chi connectivity index (χ1) is 8.48. The van der Waals surface area contributed by atoms with E-state index in [0.717, 1.165) is 24.1 Å².